The van der Waals surface area contributed by atoms with Crippen LogP contribution in [0.5, 0.6) is 0 Å². The molecule has 0 spiro atoms. The van der Waals surface area contributed by atoms with Crippen molar-refractivity contribution < 1.29 is 13.6 Å². The van der Waals surface area contributed by atoms with E-state index in [1.165, 1.54) is 7.11 Å². The van der Waals surface area contributed by atoms with E-state index < -0.39 is 7.60 Å². The van der Waals surface area contributed by atoms with Crippen LogP contribution in [-0.4, -0.2) is 19.9 Å². The van der Waals surface area contributed by atoms with Crippen molar-refractivity contribution in [2.24, 2.45) is 11.8 Å². The minimum absolute atomic E-state index is 0.527. The van der Waals surface area contributed by atoms with Crippen LogP contribution in [0, 0.1) is 11.8 Å². The second-order valence-electron chi connectivity index (χ2n) is 4.72. The Morgan fingerprint density at radius 2 is 1.60 bits per heavy atom. The highest BCUT2D eigenvalue weighted by Gasteiger charge is 2.22. The summed E-state index contributed by atoms with van der Waals surface area (Å²) < 4.78 is 22.4. The Labute approximate surface area is 94.1 Å². The molecule has 0 saturated heterocycles. The molecule has 0 amide bonds. The van der Waals surface area contributed by atoms with Gasteiger partial charge < -0.3 is 9.05 Å². The lowest BCUT2D eigenvalue weighted by Gasteiger charge is -2.17. The maximum absolute atomic E-state index is 12.0. The Hall–Kier alpha value is 0.150. The predicted octanol–water partition coefficient (Wildman–Crippen LogP) is 3.93. The predicted molar refractivity (Wildman–Crippen MR) is 64.3 cm³/mol. The lowest BCUT2D eigenvalue weighted by atomic mass is 10.2. The quantitative estimate of drug-likeness (QED) is 0.599. The molecule has 1 unspecified atom stereocenters. The molecule has 15 heavy (non-hydrogen) atoms. The fraction of sp³-hybridized carbons (Fsp3) is 1.00. The molecule has 0 aromatic rings. The Kier molecular flexibility index (Phi) is 7.50. The first kappa shape index (κ1) is 15.2. The van der Waals surface area contributed by atoms with E-state index in [4.69, 9.17) is 9.05 Å². The van der Waals surface area contributed by atoms with Gasteiger partial charge in [0.05, 0.1) is 12.8 Å². The minimum Gasteiger partial charge on any atom is -0.312 e. The van der Waals surface area contributed by atoms with Crippen LogP contribution >= 0.6 is 7.60 Å². The third kappa shape index (κ3) is 8.01. The summed E-state index contributed by atoms with van der Waals surface area (Å²) in [5, 5.41) is 0. The minimum atomic E-state index is -2.81. The summed E-state index contributed by atoms with van der Waals surface area (Å²) in [5.41, 5.74) is 0. The highest BCUT2D eigenvalue weighted by atomic mass is 31.2. The molecule has 4 heteroatoms. The zero-order valence-corrected chi connectivity index (χ0v) is 11.5. The molecular weight excluding hydrogens is 211 g/mol. The van der Waals surface area contributed by atoms with Crippen molar-refractivity contribution in [3.63, 3.8) is 0 Å². The van der Waals surface area contributed by atoms with E-state index in [0.29, 0.717) is 24.6 Å². The maximum atomic E-state index is 12.0. The molecule has 0 heterocycles. The van der Waals surface area contributed by atoms with Gasteiger partial charge in [0.2, 0.25) is 0 Å². The lowest BCUT2D eigenvalue weighted by molar-refractivity contribution is 0.220. The van der Waals surface area contributed by atoms with Gasteiger partial charge in [-0.15, -0.1) is 0 Å². The van der Waals surface area contributed by atoms with Crippen LogP contribution in [0.2, 0.25) is 0 Å². The van der Waals surface area contributed by atoms with E-state index in [0.717, 1.165) is 12.8 Å². The molecule has 0 aliphatic carbocycles. The van der Waals surface area contributed by atoms with Gasteiger partial charge in [-0.05, 0) is 24.7 Å². The molecular formula is C11H25O3P. The first-order valence-electron chi connectivity index (χ1n) is 5.69. The van der Waals surface area contributed by atoms with Gasteiger partial charge in [-0.3, -0.25) is 4.57 Å². The van der Waals surface area contributed by atoms with E-state index in [2.05, 4.69) is 27.7 Å². The van der Waals surface area contributed by atoms with E-state index in [9.17, 15) is 4.57 Å². The van der Waals surface area contributed by atoms with Crippen LogP contribution in [0.3, 0.4) is 0 Å². The van der Waals surface area contributed by atoms with Crippen molar-refractivity contribution in [2.75, 3.05) is 19.9 Å². The molecule has 0 N–H and O–H groups in total. The third-order valence-electron chi connectivity index (χ3n) is 2.24. The molecule has 0 aromatic heterocycles. The topological polar surface area (TPSA) is 35.5 Å². The largest absolute Gasteiger partial charge is 0.330 e. The molecule has 0 bridgehead atoms. The SMILES string of the molecule is COP(=O)(CCC(C)C)OCCC(C)C. The average molecular weight is 236 g/mol. The van der Waals surface area contributed by atoms with E-state index >= 15 is 0 Å². The zero-order valence-electron chi connectivity index (χ0n) is 10.7. The van der Waals surface area contributed by atoms with Crippen molar-refractivity contribution in [1.29, 1.82) is 0 Å². The second kappa shape index (κ2) is 7.43. The Morgan fingerprint density at radius 1 is 1.07 bits per heavy atom. The van der Waals surface area contributed by atoms with E-state index in [1.807, 2.05) is 0 Å². The summed E-state index contributed by atoms with van der Waals surface area (Å²) in [6.07, 6.45) is 2.33. The van der Waals surface area contributed by atoms with Crippen LogP contribution in [0.4, 0.5) is 0 Å². The third-order valence-corrected chi connectivity index (χ3v) is 4.18. The van der Waals surface area contributed by atoms with Gasteiger partial charge in [0.25, 0.3) is 0 Å². The first-order valence-corrected chi connectivity index (χ1v) is 7.41. The van der Waals surface area contributed by atoms with E-state index in [1.54, 1.807) is 0 Å². The molecule has 0 saturated carbocycles. The van der Waals surface area contributed by atoms with Crippen LogP contribution in [0.1, 0.15) is 40.5 Å². The molecule has 0 fully saturated rings. The number of hydrogen-bond acceptors (Lipinski definition) is 3. The molecule has 0 aromatic carbocycles. The summed E-state index contributed by atoms with van der Waals surface area (Å²) in [4.78, 5) is 0. The van der Waals surface area contributed by atoms with Crippen molar-refractivity contribution in [3.8, 4) is 0 Å². The Morgan fingerprint density at radius 3 is 2.00 bits per heavy atom. The summed E-state index contributed by atoms with van der Waals surface area (Å²) >= 11 is 0. The molecule has 0 radical (unpaired) electrons. The Balaban J connectivity index is 3.91. The fourth-order valence-corrected chi connectivity index (χ4v) is 2.69. The monoisotopic (exact) mass is 236 g/mol. The standard InChI is InChI=1S/C11H25O3P/c1-10(2)6-8-14-15(12,13-5)9-7-11(3)4/h10-11H,6-9H2,1-5H3. The van der Waals surface area contributed by atoms with Crippen LogP contribution in [0.25, 0.3) is 0 Å². The highest BCUT2D eigenvalue weighted by molar-refractivity contribution is 7.53. The molecule has 0 rings (SSSR count). The summed E-state index contributed by atoms with van der Waals surface area (Å²) in [7, 11) is -1.34. The summed E-state index contributed by atoms with van der Waals surface area (Å²) in [6, 6.07) is 0. The smallest absolute Gasteiger partial charge is 0.312 e. The normalized spacial score (nSPS) is 15.9. The van der Waals surface area contributed by atoms with Gasteiger partial charge >= 0.3 is 7.60 Å². The van der Waals surface area contributed by atoms with Gasteiger partial charge in [0, 0.05) is 7.11 Å². The molecule has 3 nitrogen and oxygen atoms in total. The first-order chi connectivity index (χ1) is 6.89. The van der Waals surface area contributed by atoms with Crippen molar-refractivity contribution in [2.45, 2.75) is 40.5 Å². The maximum Gasteiger partial charge on any atom is 0.330 e. The van der Waals surface area contributed by atoms with Crippen LogP contribution in [0.15, 0.2) is 0 Å². The molecule has 0 aliphatic heterocycles. The number of hydrogen-bond donors (Lipinski definition) is 0. The summed E-state index contributed by atoms with van der Waals surface area (Å²) in [6.45, 7) is 8.98. The van der Waals surface area contributed by atoms with Gasteiger partial charge in [-0.2, -0.15) is 0 Å². The lowest BCUT2D eigenvalue weighted by Crippen LogP contribution is -2.03. The van der Waals surface area contributed by atoms with Crippen molar-refractivity contribution in [1.82, 2.24) is 0 Å². The van der Waals surface area contributed by atoms with Crippen molar-refractivity contribution >= 4 is 7.60 Å². The van der Waals surface area contributed by atoms with Gasteiger partial charge in [-0.25, -0.2) is 0 Å². The second-order valence-corrected chi connectivity index (χ2v) is 7.01. The van der Waals surface area contributed by atoms with Gasteiger partial charge in [0.1, 0.15) is 0 Å². The highest BCUT2D eigenvalue weighted by Crippen LogP contribution is 2.48. The molecule has 1 atom stereocenters. The molecule has 92 valence electrons. The molecule has 0 aliphatic rings. The Bertz CT molecular complexity index is 202. The fourth-order valence-electron chi connectivity index (χ4n) is 1.05. The van der Waals surface area contributed by atoms with Gasteiger partial charge in [0.15, 0.2) is 0 Å². The van der Waals surface area contributed by atoms with E-state index in [-0.39, 0.29) is 0 Å². The van der Waals surface area contributed by atoms with Crippen molar-refractivity contribution in [3.05, 3.63) is 0 Å². The van der Waals surface area contributed by atoms with Gasteiger partial charge in [-0.1, -0.05) is 27.7 Å². The number of rotatable bonds is 8. The summed E-state index contributed by atoms with van der Waals surface area (Å²) in [5.74, 6) is 1.10. The average Bonchev–Trinajstić information content (AvgIpc) is 2.14. The van der Waals surface area contributed by atoms with Crippen LogP contribution in [-0.2, 0) is 13.6 Å². The van der Waals surface area contributed by atoms with Crippen LogP contribution < -0.4 is 0 Å². The zero-order chi connectivity index (χ0) is 11.9.